The van der Waals surface area contributed by atoms with Crippen LogP contribution in [0.25, 0.3) is 78.4 Å². The molecule has 0 aliphatic carbocycles. The average Bonchev–Trinajstić information content (AvgIpc) is 2.53. The molecule has 0 aliphatic heterocycles. The lowest BCUT2D eigenvalue weighted by Gasteiger charge is -2.10. The highest BCUT2D eigenvalue weighted by Crippen LogP contribution is 2.30. The van der Waals surface area contributed by atoms with Gasteiger partial charge in [-0.25, -0.2) is 18.3 Å². The van der Waals surface area contributed by atoms with Crippen molar-refractivity contribution in [1.29, 1.82) is 0 Å². The van der Waals surface area contributed by atoms with Crippen LogP contribution < -0.4 is 18.3 Å². The first-order valence-electron chi connectivity index (χ1n) is 31.2. The average molecular weight is 1130 g/mol. The Balaban J connectivity index is 0.000000151. The van der Waals surface area contributed by atoms with Crippen molar-refractivity contribution in [2.24, 2.45) is 34.1 Å². The molecule has 7 aromatic carbocycles. The van der Waals surface area contributed by atoms with Gasteiger partial charge in [-0.2, -0.15) is 0 Å². The molecule has 0 N–H and O–H groups in total. The van der Waals surface area contributed by atoms with Crippen LogP contribution in [0, 0.1) is 33.6 Å². The smallest absolute Gasteiger partial charge is 0.201 e. The van der Waals surface area contributed by atoms with E-state index in [2.05, 4.69) is 346 Å². The second kappa shape index (κ2) is 29.8. The maximum atomic E-state index is 8.08. The van der Waals surface area contributed by atoms with E-state index in [1.807, 2.05) is 19.9 Å². The molecule has 0 amide bonds. The second-order valence-corrected chi connectivity index (χ2v) is 24.0. The zero-order valence-electron chi connectivity index (χ0n) is 55.0. The zero-order chi connectivity index (χ0) is 62.4. The highest BCUT2D eigenvalue weighted by Gasteiger charge is 2.18. The normalized spacial score (nSPS) is 11.2. The van der Waals surface area contributed by atoms with E-state index in [-0.39, 0.29) is 0 Å². The van der Waals surface area contributed by atoms with Gasteiger partial charge in [-0.3, -0.25) is 0 Å². The molecule has 0 unspecified atom stereocenters. The van der Waals surface area contributed by atoms with E-state index in [4.69, 9.17) is 1.37 Å². The predicted octanol–water partition coefficient (Wildman–Crippen LogP) is 19.0. The third kappa shape index (κ3) is 16.3. The molecule has 0 aliphatic rings. The summed E-state index contributed by atoms with van der Waals surface area (Å²) in [6, 6.07) is 77.8. The highest BCUT2D eigenvalue weighted by atomic mass is 14.9. The molecule has 86 heavy (non-hydrogen) atoms. The van der Waals surface area contributed by atoms with E-state index >= 15 is 0 Å². The summed E-state index contributed by atoms with van der Waals surface area (Å²) in [6.07, 6.45) is 10.9. The van der Waals surface area contributed by atoms with Crippen molar-refractivity contribution < 1.29 is 19.6 Å². The largest absolute Gasteiger partial charge is 0.212 e. The van der Waals surface area contributed by atoms with Gasteiger partial charge in [-0.05, 0) is 168 Å². The molecule has 4 heterocycles. The van der Waals surface area contributed by atoms with Gasteiger partial charge in [-0.1, -0.05) is 188 Å². The van der Waals surface area contributed by atoms with E-state index in [1.54, 1.807) is 0 Å². The first kappa shape index (κ1) is 61.7. The van der Waals surface area contributed by atoms with E-state index in [0.29, 0.717) is 11.8 Å². The molecule has 0 saturated carbocycles. The van der Waals surface area contributed by atoms with Gasteiger partial charge in [0.05, 0.1) is 0 Å². The summed E-state index contributed by atoms with van der Waals surface area (Å²) < 4.78 is 16.9. The van der Waals surface area contributed by atoms with Crippen molar-refractivity contribution in [2.45, 2.75) is 101 Å². The molecule has 0 fully saturated rings. The fraction of sp³-hybridized carbons (Fsp3) is 0.244. The van der Waals surface area contributed by atoms with Gasteiger partial charge in [0, 0.05) is 70.6 Å². The Labute approximate surface area is 517 Å². The van der Waals surface area contributed by atoms with Crippen LogP contribution in [0.15, 0.2) is 243 Å². The fourth-order valence-corrected chi connectivity index (χ4v) is 11.3. The number of hydrogen-bond donors (Lipinski definition) is 0. The van der Waals surface area contributed by atoms with Gasteiger partial charge < -0.3 is 0 Å². The lowest BCUT2D eigenvalue weighted by molar-refractivity contribution is -0.660. The molecule has 0 bridgehead atoms. The van der Waals surface area contributed by atoms with Crippen LogP contribution in [0.3, 0.4) is 0 Å². The number of rotatable bonds is 12. The first-order chi connectivity index (χ1) is 41.7. The molecule has 0 spiro atoms. The number of nitrogens with zero attached hydrogens (tertiary/aromatic N) is 4. The molecule has 0 radical (unpaired) electrons. The van der Waals surface area contributed by atoms with Crippen LogP contribution in [0.5, 0.6) is 0 Å². The highest BCUT2D eigenvalue weighted by molar-refractivity contribution is 5.69. The molecule has 4 aromatic heterocycles. The summed E-state index contributed by atoms with van der Waals surface area (Å²) >= 11 is 0. The minimum atomic E-state index is -0.540. The molecule has 0 atom stereocenters. The van der Waals surface area contributed by atoms with Crippen molar-refractivity contribution in [3.8, 4) is 78.4 Å². The van der Waals surface area contributed by atoms with Gasteiger partial charge in [0.15, 0.2) is 24.8 Å². The topological polar surface area (TPSA) is 15.5 Å². The molecule has 11 rings (SSSR count). The maximum Gasteiger partial charge on any atom is 0.212 e. The Morgan fingerprint density at radius 3 is 1.03 bits per heavy atom. The van der Waals surface area contributed by atoms with Crippen molar-refractivity contribution in [3.05, 3.63) is 288 Å². The summed E-state index contributed by atoms with van der Waals surface area (Å²) in [4.78, 5) is 0. The molecule has 4 heteroatoms. The lowest BCUT2D eigenvalue weighted by Crippen LogP contribution is -2.30. The molecular weight excluding hydrogens is 1040 g/mol. The SMILES string of the molecule is CCc1ccc(-c2ccc(-c3ccccc3)c[n+]2C)c(C)c1.Cc1cc(C(C)C)ccc1-c1ccc(-c2ccccc2)c[n+]1C.Cc1cc(CC(C)C)ccc1-c1ccc(-c2ccccc2)c[n+]1C.[2H]C(C)(C)c1ccc(-c2cccc[n+]2C)c(C)c1. The van der Waals surface area contributed by atoms with Crippen LogP contribution in [-0.2, 0) is 41.0 Å². The quantitative estimate of drug-likeness (QED) is 0.108. The molecule has 4 nitrogen and oxygen atoms in total. The summed E-state index contributed by atoms with van der Waals surface area (Å²) in [6.45, 7) is 23.8. The number of benzene rings is 7. The van der Waals surface area contributed by atoms with E-state index in [0.717, 1.165) is 18.4 Å². The minimum Gasteiger partial charge on any atom is -0.201 e. The monoisotopic (exact) mass is 1130 g/mol. The summed E-state index contributed by atoms with van der Waals surface area (Å²) in [5, 5.41) is 0. The van der Waals surface area contributed by atoms with Gasteiger partial charge in [0.2, 0.25) is 22.8 Å². The number of pyridine rings is 4. The van der Waals surface area contributed by atoms with Crippen molar-refractivity contribution in [2.75, 3.05) is 0 Å². The van der Waals surface area contributed by atoms with Crippen LogP contribution in [-0.4, -0.2) is 0 Å². The van der Waals surface area contributed by atoms with E-state index < -0.39 is 5.89 Å². The van der Waals surface area contributed by atoms with Crippen LogP contribution in [0.2, 0.25) is 0 Å². The van der Waals surface area contributed by atoms with Crippen molar-refractivity contribution in [1.82, 2.24) is 0 Å². The predicted molar refractivity (Wildman–Crippen MR) is 364 cm³/mol. The molecule has 0 saturated heterocycles. The van der Waals surface area contributed by atoms with Gasteiger partial charge in [0.25, 0.3) is 0 Å². The number of aryl methyl sites for hydroxylation is 9. The Morgan fingerprint density at radius 1 is 0.337 bits per heavy atom. The number of hydrogen-bond acceptors (Lipinski definition) is 0. The zero-order valence-corrected chi connectivity index (χ0v) is 54.0. The van der Waals surface area contributed by atoms with Crippen LogP contribution >= 0.6 is 0 Å². The fourth-order valence-electron chi connectivity index (χ4n) is 11.3. The second-order valence-electron chi connectivity index (χ2n) is 24.0. The third-order valence-electron chi connectivity index (χ3n) is 16.2. The minimum absolute atomic E-state index is 0.540. The van der Waals surface area contributed by atoms with E-state index in [9.17, 15) is 0 Å². The van der Waals surface area contributed by atoms with Crippen molar-refractivity contribution >= 4 is 0 Å². The van der Waals surface area contributed by atoms with Crippen molar-refractivity contribution in [3.63, 3.8) is 0 Å². The van der Waals surface area contributed by atoms with Gasteiger partial charge in [-0.15, -0.1) is 0 Å². The third-order valence-corrected chi connectivity index (χ3v) is 16.2. The molecular formula is C82H92N4+4. The van der Waals surface area contributed by atoms with Crippen LogP contribution in [0.4, 0.5) is 0 Å². The standard InChI is InChI=1S/C23H26N.C22H24N.C21H22N.C16H20N/c1-17(2)14-19-10-12-22(18(3)15-19)23-13-11-21(16-24(23)4)20-8-6-5-7-9-20;1-16(2)19-10-12-21(17(3)14-19)22-13-11-20(15-23(22)4)18-8-6-5-7-9-18;1-4-17-10-12-20(16(2)14-17)21-13-11-19(15-22(21)3)18-8-6-5-7-9-18;1-12(2)14-8-9-15(13(3)11-14)16-7-5-6-10-17(16)4/h5-13,15-17H,14H2,1-4H3;5-16H,1-4H3;5-15H,4H2,1-3H3;5-12H,1-4H3/q4*+1/i;;;12D. The van der Waals surface area contributed by atoms with Gasteiger partial charge in [0.1, 0.15) is 28.2 Å². The van der Waals surface area contributed by atoms with Gasteiger partial charge >= 0.3 is 0 Å². The molecule has 11 aromatic rings. The first-order valence-corrected chi connectivity index (χ1v) is 30.7. The summed E-state index contributed by atoms with van der Waals surface area (Å²) in [7, 11) is 8.42. The number of aromatic nitrogens is 4. The summed E-state index contributed by atoms with van der Waals surface area (Å²) in [5.41, 5.74) is 28.1. The Morgan fingerprint density at radius 2 is 0.686 bits per heavy atom. The Hall–Kier alpha value is -8.86. The Kier molecular flexibility index (Phi) is 21.4. The molecule has 436 valence electrons. The Bertz CT molecular complexity index is 4060. The lowest BCUT2D eigenvalue weighted by atomic mass is 9.96. The van der Waals surface area contributed by atoms with Crippen LogP contribution in [0.1, 0.15) is 106 Å². The van der Waals surface area contributed by atoms with E-state index in [1.165, 1.54) is 117 Å². The summed E-state index contributed by atoms with van der Waals surface area (Å²) in [5.74, 6) is 0.718. The maximum absolute atomic E-state index is 8.08.